The van der Waals surface area contributed by atoms with Crippen molar-refractivity contribution in [3.05, 3.63) is 52.7 Å². The fraction of sp³-hybridized carbons (Fsp3) is 0.444. The number of hydrogen-bond donors (Lipinski definition) is 1. The van der Waals surface area contributed by atoms with Gasteiger partial charge in [-0.1, -0.05) is 24.3 Å². The van der Waals surface area contributed by atoms with Crippen LogP contribution in [0.25, 0.3) is 0 Å². The molecular formula is C18H20N2O2. The quantitative estimate of drug-likeness (QED) is 0.947. The normalized spacial score (nSPS) is 25.3. The van der Waals surface area contributed by atoms with E-state index in [2.05, 4.69) is 34.6 Å². The first-order valence-electron chi connectivity index (χ1n) is 7.91. The summed E-state index contributed by atoms with van der Waals surface area (Å²) in [5.74, 6) is 1.28. The average Bonchev–Trinajstić information content (AvgIpc) is 2.93. The SMILES string of the molecule is Cc1nc(C)c(C(=O)NCC2CC23CCc2ccccc23)o1. The van der Waals surface area contributed by atoms with Gasteiger partial charge in [0.1, 0.15) is 0 Å². The van der Waals surface area contributed by atoms with Crippen molar-refractivity contribution >= 4 is 5.91 Å². The van der Waals surface area contributed by atoms with E-state index in [9.17, 15) is 4.79 Å². The molecular weight excluding hydrogens is 276 g/mol. The Kier molecular flexibility index (Phi) is 2.90. The zero-order chi connectivity index (χ0) is 15.3. The number of carbonyl (C=O) groups excluding carboxylic acids is 1. The average molecular weight is 296 g/mol. The van der Waals surface area contributed by atoms with E-state index < -0.39 is 0 Å². The third-order valence-corrected chi connectivity index (χ3v) is 5.24. The Hall–Kier alpha value is -2.10. The van der Waals surface area contributed by atoms with E-state index in [1.807, 2.05) is 0 Å². The van der Waals surface area contributed by atoms with Crippen molar-refractivity contribution in [2.45, 2.75) is 38.5 Å². The molecule has 1 N–H and O–H groups in total. The molecule has 2 aliphatic carbocycles. The number of nitrogens with one attached hydrogen (secondary N) is 1. The molecule has 1 fully saturated rings. The monoisotopic (exact) mass is 296 g/mol. The van der Waals surface area contributed by atoms with Crippen LogP contribution < -0.4 is 5.32 Å². The Morgan fingerprint density at radius 3 is 3.00 bits per heavy atom. The molecule has 2 aromatic rings. The maximum absolute atomic E-state index is 12.2. The van der Waals surface area contributed by atoms with Gasteiger partial charge in [0.25, 0.3) is 5.91 Å². The van der Waals surface area contributed by atoms with Crippen LogP contribution in [0.1, 0.15) is 46.1 Å². The zero-order valence-electron chi connectivity index (χ0n) is 13.0. The molecule has 1 saturated carbocycles. The summed E-state index contributed by atoms with van der Waals surface area (Å²) in [7, 11) is 0. The third-order valence-electron chi connectivity index (χ3n) is 5.24. The highest BCUT2D eigenvalue weighted by Crippen LogP contribution is 2.61. The minimum Gasteiger partial charge on any atom is -0.436 e. The first kappa shape index (κ1) is 13.6. The van der Waals surface area contributed by atoms with Gasteiger partial charge in [-0.3, -0.25) is 4.79 Å². The lowest BCUT2D eigenvalue weighted by molar-refractivity contribution is 0.0921. The molecule has 1 spiro atoms. The van der Waals surface area contributed by atoms with Gasteiger partial charge in [-0.05, 0) is 43.2 Å². The van der Waals surface area contributed by atoms with Gasteiger partial charge in [0.15, 0.2) is 5.89 Å². The highest BCUT2D eigenvalue weighted by molar-refractivity contribution is 5.92. The fourth-order valence-electron chi connectivity index (χ4n) is 4.04. The first-order valence-corrected chi connectivity index (χ1v) is 7.91. The molecule has 4 nitrogen and oxygen atoms in total. The molecule has 2 unspecified atom stereocenters. The minimum absolute atomic E-state index is 0.147. The molecule has 1 aromatic heterocycles. The Balaban J connectivity index is 1.43. The van der Waals surface area contributed by atoms with Gasteiger partial charge in [-0.2, -0.15) is 0 Å². The summed E-state index contributed by atoms with van der Waals surface area (Å²) in [6.07, 6.45) is 3.56. The van der Waals surface area contributed by atoms with Crippen LogP contribution in [0.15, 0.2) is 28.7 Å². The number of oxazole rings is 1. The summed E-state index contributed by atoms with van der Waals surface area (Å²) in [4.78, 5) is 16.4. The van der Waals surface area contributed by atoms with Crippen LogP contribution in [-0.2, 0) is 11.8 Å². The van der Waals surface area contributed by atoms with E-state index in [0.29, 0.717) is 35.2 Å². The molecule has 2 aliphatic rings. The molecule has 2 atom stereocenters. The van der Waals surface area contributed by atoms with Crippen molar-refractivity contribution in [1.29, 1.82) is 0 Å². The second kappa shape index (κ2) is 4.70. The number of rotatable bonds is 3. The molecule has 22 heavy (non-hydrogen) atoms. The third kappa shape index (κ3) is 1.97. The van der Waals surface area contributed by atoms with E-state index in [0.717, 1.165) is 0 Å². The van der Waals surface area contributed by atoms with Crippen molar-refractivity contribution in [1.82, 2.24) is 10.3 Å². The molecule has 114 valence electrons. The molecule has 0 saturated heterocycles. The largest absolute Gasteiger partial charge is 0.436 e. The van der Waals surface area contributed by atoms with Crippen molar-refractivity contribution < 1.29 is 9.21 Å². The van der Waals surface area contributed by atoms with Gasteiger partial charge < -0.3 is 9.73 Å². The highest BCUT2D eigenvalue weighted by atomic mass is 16.4. The maximum atomic E-state index is 12.2. The molecule has 1 heterocycles. The van der Waals surface area contributed by atoms with Crippen molar-refractivity contribution in [3.63, 3.8) is 0 Å². The standard InChI is InChI=1S/C18H20N2O2/c1-11-16(22-12(2)20-11)17(21)19-10-14-9-18(14)8-7-13-5-3-4-6-15(13)18/h3-6,14H,7-10H2,1-2H3,(H,19,21). The number of nitrogens with zero attached hydrogens (tertiary/aromatic N) is 1. The predicted molar refractivity (Wildman–Crippen MR) is 82.9 cm³/mol. The fourth-order valence-corrected chi connectivity index (χ4v) is 4.04. The van der Waals surface area contributed by atoms with E-state index in [-0.39, 0.29) is 5.91 Å². The highest BCUT2D eigenvalue weighted by Gasteiger charge is 2.57. The second-order valence-corrected chi connectivity index (χ2v) is 6.57. The molecule has 1 aromatic carbocycles. The number of hydrogen-bond acceptors (Lipinski definition) is 3. The van der Waals surface area contributed by atoms with Crippen LogP contribution in [0.5, 0.6) is 0 Å². The number of amides is 1. The second-order valence-electron chi connectivity index (χ2n) is 6.57. The predicted octanol–water partition coefficient (Wildman–Crippen LogP) is 2.93. The Bertz CT molecular complexity index is 749. The number of aromatic nitrogens is 1. The lowest BCUT2D eigenvalue weighted by atomic mass is 9.95. The number of benzene rings is 1. The Labute approximate surface area is 129 Å². The Morgan fingerprint density at radius 1 is 1.41 bits per heavy atom. The topological polar surface area (TPSA) is 55.1 Å². The van der Waals surface area contributed by atoms with E-state index >= 15 is 0 Å². The summed E-state index contributed by atoms with van der Waals surface area (Å²) in [6.45, 7) is 4.28. The Morgan fingerprint density at radius 2 is 2.23 bits per heavy atom. The number of fused-ring (bicyclic) bond motifs is 2. The number of carbonyl (C=O) groups is 1. The number of aryl methyl sites for hydroxylation is 3. The molecule has 0 aliphatic heterocycles. The van der Waals surface area contributed by atoms with Crippen LogP contribution in [-0.4, -0.2) is 17.4 Å². The van der Waals surface area contributed by atoms with Crippen LogP contribution in [0.3, 0.4) is 0 Å². The molecule has 0 radical (unpaired) electrons. The first-order chi connectivity index (χ1) is 10.6. The summed E-state index contributed by atoms with van der Waals surface area (Å²) in [5, 5.41) is 3.02. The lowest BCUT2D eigenvalue weighted by Crippen LogP contribution is -2.27. The van der Waals surface area contributed by atoms with Crippen molar-refractivity contribution in [2.75, 3.05) is 6.54 Å². The van der Waals surface area contributed by atoms with Crippen LogP contribution in [0, 0.1) is 19.8 Å². The van der Waals surface area contributed by atoms with Crippen LogP contribution >= 0.6 is 0 Å². The lowest BCUT2D eigenvalue weighted by Gasteiger charge is -2.11. The molecule has 0 bridgehead atoms. The molecule has 4 heteroatoms. The van der Waals surface area contributed by atoms with Gasteiger partial charge in [-0.15, -0.1) is 0 Å². The van der Waals surface area contributed by atoms with Gasteiger partial charge in [0.2, 0.25) is 5.76 Å². The van der Waals surface area contributed by atoms with Crippen LogP contribution in [0.4, 0.5) is 0 Å². The summed E-state index contributed by atoms with van der Waals surface area (Å²) >= 11 is 0. The van der Waals surface area contributed by atoms with Gasteiger partial charge in [0, 0.05) is 18.9 Å². The van der Waals surface area contributed by atoms with Crippen molar-refractivity contribution in [2.24, 2.45) is 5.92 Å². The van der Waals surface area contributed by atoms with E-state index in [1.54, 1.807) is 13.8 Å². The molecule has 4 rings (SSSR count). The smallest absolute Gasteiger partial charge is 0.289 e. The summed E-state index contributed by atoms with van der Waals surface area (Å²) < 4.78 is 5.38. The van der Waals surface area contributed by atoms with E-state index in [4.69, 9.17) is 4.42 Å². The van der Waals surface area contributed by atoms with Gasteiger partial charge in [0.05, 0.1) is 5.69 Å². The van der Waals surface area contributed by atoms with E-state index in [1.165, 1.54) is 30.4 Å². The summed E-state index contributed by atoms with van der Waals surface area (Å²) in [5.41, 5.74) is 3.96. The molecule has 1 amide bonds. The summed E-state index contributed by atoms with van der Waals surface area (Å²) in [6, 6.07) is 8.74. The van der Waals surface area contributed by atoms with Crippen molar-refractivity contribution in [3.8, 4) is 0 Å². The van der Waals surface area contributed by atoms with Gasteiger partial charge >= 0.3 is 0 Å². The zero-order valence-corrected chi connectivity index (χ0v) is 13.0. The van der Waals surface area contributed by atoms with Gasteiger partial charge in [-0.25, -0.2) is 4.98 Å². The minimum atomic E-state index is -0.147. The van der Waals surface area contributed by atoms with Crippen LogP contribution in [0.2, 0.25) is 0 Å². The maximum Gasteiger partial charge on any atom is 0.289 e.